The summed E-state index contributed by atoms with van der Waals surface area (Å²) in [4.78, 5) is 14.6. The van der Waals surface area contributed by atoms with Crippen LogP contribution >= 0.6 is 22.6 Å². The minimum absolute atomic E-state index is 0.0432. The maximum absolute atomic E-state index is 12.1. The van der Waals surface area contributed by atoms with Crippen LogP contribution in [0.2, 0.25) is 0 Å². The number of benzene rings is 1. The average Bonchev–Trinajstić information content (AvgIpc) is 2.45. The highest BCUT2D eigenvalue weighted by molar-refractivity contribution is 14.1. The topological polar surface area (TPSA) is 32.3 Å². The third-order valence-electron chi connectivity index (χ3n) is 3.97. The van der Waals surface area contributed by atoms with Crippen molar-refractivity contribution in [3.8, 4) is 0 Å². The van der Waals surface area contributed by atoms with E-state index in [9.17, 15) is 4.79 Å². The van der Waals surface area contributed by atoms with Gasteiger partial charge in [0, 0.05) is 22.7 Å². The van der Waals surface area contributed by atoms with Gasteiger partial charge >= 0.3 is 0 Å². The van der Waals surface area contributed by atoms with E-state index in [4.69, 9.17) is 0 Å². The molecule has 0 bridgehead atoms. The van der Waals surface area contributed by atoms with E-state index in [1.807, 2.05) is 24.3 Å². The zero-order valence-electron chi connectivity index (χ0n) is 12.1. The highest BCUT2D eigenvalue weighted by Crippen LogP contribution is 2.16. The molecule has 3 nitrogen and oxygen atoms in total. The Morgan fingerprint density at radius 1 is 1.40 bits per heavy atom. The molecule has 1 saturated heterocycles. The van der Waals surface area contributed by atoms with Crippen LogP contribution < -0.4 is 5.32 Å². The van der Waals surface area contributed by atoms with Gasteiger partial charge in [-0.15, -0.1) is 0 Å². The van der Waals surface area contributed by atoms with Crippen molar-refractivity contribution in [3.63, 3.8) is 0 Å². The van der Waals surface area contributed by atoms with E-state index in [0.29, 0.717) is 6.04 Å². The van der Waals surface area contributed by atoms with Crippen molar-refractivity contribution in [2.75, 3.05) is 19.6 Å². The van der Waals surface area contributed by atoms with E-state index < -0.39 is 0 Å². The van der Waals surface area contributed by atoms with Crippen molar-refractivity contribution < 1.29 is 4.79 Å². The molecule has 110 valence electrons. The zero-order valence-corrected chi connectivity index (χ0v) is 14.2. The first kappa shape index (κ1) is 15.8. The van der Waals surface area contributed by atoms with Gasteiger partial charge in [0.25, 0.3) is 5.91 Å². The van der Waals surface area contributed by atoms with Crippen molar-refractivity contribution in [2.45, 2.75) is 38.6 Å². The monoisotopic (exact) mass is 386 g/mol. The fourth-order valence-corrected chi connectivity index (χ4v) is 3.35. The zero-order chi connectivity index (χ0) is 14.4. The second-order valence-corrected chi connectivity index (χ2v) is 6.63. The van der Waals surface area contributed by atoms with Gasteiger partial charge < -0.3 is 10.2 Å². The number of hydrogen-bond donors (Lipinski definition) is 1. The lowest BCUT2D eigenvalue weighted by Crippen LogP contribution is -2.39. The molecule has 0 aromatic heterocycles. The summed E-state index contributed by atoms with van der Waals surface area (Å²) < 4.78 is 1.01. The molecule has 1 unspecified atom stereocenters. The van der Waals surface area contributed by atoms with Crippen LogP contribution in [-0.4, -0.2) is 36.5 Å². The third kappa shape index (κ3) is 4.45. The Morgan fingerprint density at radius 2 is 2.20 bits per heavy atom. The lowest BCUT2D eigenvalue weighted by Gasteiger charge is -2.33. The molecule has 4 heteroatoms. The van der Waals surface area contributed by atoms with E-state index in [1.165, 1.54) is 25.8 Å². The van der Waals surface area contributed by atoms with Gasteiger partial charge in [0.1, 0.15) is 0 Å². The highest BCUT2D eigenvalue weighted by atomic mass is 127. The molecule has 1 fully saturated rings. The normalized spacial score (nSPS) is 19.8. The largest absolute Gasteiger partial charge is 0.352 e. The Bertz CT molecular complexity index is 450. The number of nitrogens with one attached hydrogen (secondary N) is 1. The van der Waals surface area contributed by atoms with Crippen molar-refractivity contribution in [3.05, 3.63) is 33.4 Å². The Labute approximate surface area is 135 Å². The molecule has 1 N–H and O–H groups in total. The molecule has 2 rings (SSSR count). The summed E-state index contributed by atoms with van der Waals surface area (Å²) in [6.45, 7) is 5.37. The molecular weight excluding hydrogens is 363 g/mol. The van der Waals surface area contributed by atoms with Gasteiger partial charge in [-0.25, -0.2) is 0 Å². The van der Waals surface area contributed by atoms with Gasteiger partial charge in [0.15, 0.2) is 0 Å². The predicted molar refractivity (Wildman–Crippen MR) is 91.0 cm³/mol. The Hall–Kier alpha value is -0.620. The summed E-state index contributed by atoms with van der Waals surface area (Å²) in [5.41, 5.74) is 0.777. The summed E-state index contributed by atoms with van der Waals surface area (Å²) in [7, 11) is 0. The van der Waals surface area contributed by atoms with Crippen LogP contribution in [0.5, 0.6) is 0 Å². The van der Waals surface area contributed by atoms with Crippen molar-refractivity contribution in [2.24, 2.45) is 0 Å². The number of carbonyl (C=O) groups is 1. The molecule has 1 atom stereocenters. The van der Waals surface area contributed by atoms with Gasteiger partial charge in [-0.05, 0) is 67.5 Å². The van der Waals surface area contributed by atoms with E-state index in [1.54, 1.807) is 0 Å². The van der Waals surface area contributed by atoms with Crippen LogP contribution in [0.4, 0.5) is 0 Å². The Kier molecular flexibility index (Phi) is 6.29. The molecule has 20 heavy (non-hydrogen) atoms. The molecule has 0 radical (unpaired) electrons. The molecule has 1 aliphatic rings. The number of nitrogens with zero attached hydrogens (tertiary/aromatic N) is 1. The molecule has 0 saturated carbocycles. The van der Waals surface area contributed by atoms with E-state index >= 15 is 0 Å². The highest BCUT2D eigenvalue weighted by Gasteiger charge is 2.17. The summed E-state index contributed by atoms with van der Waals surface area (Å²) in [6, 6.07) is 8.41. The van der Waals surface area contributed by atoms with Crippen LogP contribution in [0.3, 0.4) is 0 Å². The minimum Gasteiger partial charge on any atom is -0.352 e. The number of halogens is 1. The number of piperidine rings is 1. The molecule has 1 aliphatic heterocycles. The molecule has 1 aromatic rings. The predicted octanol–water partition coefficient (Wildman–Crippen LogP) is 3.29. The number of rotatable bonds is 5. The molecule has 1 aromatic carbocycles. The summed E-state index contributed by atoms with van der Waals surface area (Å²) in [5, 5.41) is 3.02. The fourth-order valence-electron chi connectivity index (χ4n) is 2.71. The average molecular weight is 386 g/mol. The SMILES string of the molecule is CC1CCCCN1CCCNC(=O)c1ccccc1I. The lowest BCUT2D eigenvalue weighted by atomic mass is 10.0. The summed E-state index contributed by atoms with van der Waals surface area (Å²) in [6.07, 6.45) is 5.02. The first-order chi connectivity index (χ1) is 9.68. The number of carbonyl (C=O) groups excluding carboxylic acids is 1. The molecule has 1 amide bonds. The smallest absolute Gasteiger partial charge is 0.252 e. The standard InChI is InChI=1S/C16H23IN2O/c1-13-7-4-5-11-19(13)12-6-10-18-16(20)14-8-2-3-9-15(14)17/h2-3,8-9,13H,4-7,10-12H2,1H3,(H,18,20). The second-order valence-electron chi connectivity index (χ2n) is 5.47. The van der Waals surface area contributed by atoms with Gasteiger partial charge in [-0.3, -0.25) is 4.79 Å². The van der Waals surface area contributed by atoms with Crippen LogP contribution in [0.25, 0.3) is 0 Å². The Morgan fingerprint density at radius 3 is 2.95 bits per heavy atom. The number of hydrogen-bond acceptors (Lipinski definition) is 2. The van der Waals surface area contributed by atoms with Crippen LogP contribution in [0.15, 0.2) is 24.3 Å². The van der Waals surface area contributed by atoms with Crippen LogP contribution in [-0.2, 0) is 0 Å². The maximum Gasteiger partial charge on any atom is 0.252 e. The van der Waals surface area contributed by atoms with E-state index in [0.717, 1.165) is 28.6 Å². The summed E-state index contributed by atoms with van der Waals surface area (Å²) >= 11 is 2.21. The van der Waals surface area contributed by atoms with E-state index in [-0.39, 0.29) is 5.91 Å². The van der Waals surface area contributed by atoms with Gasteiger partial charge in [-0.1, -0.05) is 18.6 Å². The maximum atomic E-state index is 12.1. The first-order valence-corrected chi connectivity index (χ1v) is 8.53. The molecular formula is C16H23IN2O. The van der Waals surface area contributed by atoms with Gasteiger partial charge in [0.2, 0.25) is 0 Å². The molecule has 0 spiro atoms. The molecule has 0 aliphatic carbocycles. The van der Waals surface area contributed by atoms with Gasteiger partial charge in [-0.2, -0.15) is 0 Å². The quantitative estimate of drug-likeness (QED) is 0.622. The Balaban J connectivity index is 1.71. The van der Waals surface area contributed by atoms with Gasteiger partial charge in [0.05, 0.1) is 5.56 Å². The van der Waals surface area contributed by atoms with Crippen LogP contribution in [0, 0.1) is 3.57 Å². The fraction of sp³-hybridized carbons (Fsp3) is 0.562. The summed E-state index contributed by atoms with van der Waals surface area (Å²) in [5.74, 6) is 0.0432. The number of likely N-dealkylation sites (tertiary alicyclic amines) is 1. The number of amides is 1. The van der Waals surface area contributed by atoms with Crippen molar-refractivity contribution >= 4 is 28.5 Å². The van der Waals surface area contributed by atoms with E-state index in [2.05, 4.69) is 39.7 Å². The van der Waals surface area contributed by atoms with Crippen molar-refractivity contribution in [1.82, 2.24) is 10.2 Å². The van der Waals surface area contributed by atoms with Crippen molar-refractivity contribution in [1.29, 1.82) is 0 Å². The lowest BCUT2D eigenvalue weighted by molar-refractivity contribution is 0.0948. The molecule has 1 heterocycles. The second kappa shape index (κ2) is 7.98. The minimum atomic E-state index is 0.0432. The first-order valence-electron chi connectivity index (χ1n) is 7.45. The third-order valence-corrected chi connectivity index (χ3v) is 4.91. The van der Waals surface area contributed by atoms with Crippen LogP contribution in [0.1, 0.15) is 43.0 Å².